The summed E-state index contributed by atoms with van der Waals surface area (Å²) >= 11 is 0. The lowest BCUT2D eigenvalue weighted by molar-refractivity contribution is -0.129. The Hall–Kier alpha value is -3.97. The highest BCUT2D eigenvalue weighted by atomic mass is 16.5. The first-order valence-electron chi connectivity index (χ1n) is 13.1. The topological polar surface area (TPSA) is 80.3 Å². The van der Waals surface area contributed by atoms with Crippen molar-refractivity contribution in [1.29, 1.82) is 0 Å². The van der Waals surface area contributed by atoms with Crippen LogP contribution in [0.15, 0.2) is 78.0 Å². The molecule has 3 aromatic carbocycles. The summed E-state index contributed by atoms with van der Waals surface area (Å²) in [6, 6.07) is 21.3. The van der Waals surface area contributed by atoms with Gasteiger partial charge in [0, 0.05) is 12.1 Å². The summed E-state index contributed by atoms with van der Waals surface area (Å²) in [5.74, 6) is 1.13. The molecule has 0 saturated carbocycles. The maximum atomic E-state index is 14.3. The maximum absolute atomic E-state index is 14.3. The molecule has 7 rings (SSSR count). The zero-order chi connectivity index (χ0) is 26.2. The lowest BCUT2D eigenvalue weighted by Gasteiger charge is -2.41. The van der Waals surface area contributed by atoms with Crippen LogP contribution < -0.4 is 19.5 Å². The van der Waals surface area contributed by atoms with E-state index in [4.69, 9.17) is 14.2 Å². The van der Waals surface area contributed by atoms with E-state index in [1.54, 1.807) is 14.2 Å². The molecule has 0 spiro atoms. The highest BCUT2D eigenvalue weighted by Crippen LogP contribution is 2.70. The number of fused-ring (bicyclic) bond motifs is 5. The van der Waals surface area contributed by atoms with Crippen molar-refractivity contribution in [3.8, 4) is 17.2 Å². The molecule has 2 N–H and O–H groups in total. The van der Waals surface area contributed by atoms with Crippen molar-refractivity contribution in [3.63, 3.8) is 0 Å². The molecule has 0 bridgehead atoms. The van der Waals surface area contributed by atoms with Gasteiger partial charge in [-0.1, -0.05) is 42.5 Å². The standard InChI is InChI=1S/C31H30N2O5/c1-18-16-22(37-3)27-23(17-18)38-31(20-11-13-21(36-2)14-12-20)26(19-8-5-4-6-9-19)25-28(30(27,31)35)32-24-10-7-15-33(24)29(25)34/h4-6,8-9,11-14,16-17,24,26,32,35H,7,10,15H2,1-3H3/t24-,26+,30-,31-/m0/s1. The number of carbonyl (C=O) groups is 1. The Morgan fingerprint density at radius 1 is 1.05 bits per heavy atom. The minimum absolute atomic E-state index is 0.0537. The second-order valence-corrected chi connectivity index (χ2v) is 10.6. The summed E-state index contributed by atoms with van der Waals surface area (Å²) in [6.07, 6.45) is 1.56. The fraction of sp³-hybridized carbons (Fsp3) is 0.323. The van der Waals surface area contributed by atoms with Crippen LogP contribution in [-0.2, 0) is 16.0 Å². The number of aliphatic hydroxyl groups is 1. The minimum atomic E-state index is -1.71. The van der Waals surface area contributed by atoms with E-state index in [9.17, 15) is 9.90 Å². The summed E-state index contributed by atoms with van der Waals surface area (Å²) in [6.45, 7) is 2.66. The Balaban J connectivity index is 1.59. The molecule has 3 aliphatic heterocycles. The number of aryl methyl sites for hydroxylation is 1. The van der Waals surface area contributed by atoms with Crippen LogP contribution in [0.4, 0.5) is 0 Å². The molecule has 1 aliphatic carbocycles. The SMILES string of the molecule is COc1ccc([C@@]23Oc4cc(C)cc(OC)c4[C@]2(O)C2=C(C(=O)N4CCC[C@H]4N2)[C@H]3c2ccccc2)cc1. The first-order valence-corrected chi connectivity index (χ1v) is 13.1. The van der Waals surface area contributed by atoms with Gasteiger partial charge in [0.25, 0.3) is 5.91 Å². The van der Waals surface area contributed by atoms with Crippen LogP contribution in [0.2, 0.25) is 0 Å². The number of hydrogen-bond donors (Lipinski definition) is 2. The van der Waals surface area contributed by atoms with Gasteiger partial charge in [-0.2, -0.15) is 0 Å². The summed E-state index contributed by atoms with van der Waals surface area (Å²) in [5, 5.41) is 16.9. The van der Waals surface area contributed by atoms with Gasteiger partial charge in [0.1, 0.15) is 23.4 Å². The fourth-order valence-electron chi connectivity index (χ4n) is 7.09. The quantitative estimate of drug-likeness (QED) is 0.551. The molecule has 194 valence electrons. The van der Waals surface area contributed by atoms with Crippen molar-refractivity contribution >= 4 is 5.91 Å². The number of amides is 1. The van der Waals surface area contributed by atoms with Gasteiger partial charge >= 0.3 is 0 Å². The Bertz CT molecular complexity index is 1480. The molecule has 0 radical (unpaired) electrons. The van der Waals surface area contributed by atoms with Crippen LogP contribution in [0.5, 0.6) is 17.2 Å². The van der Waals surface area contributed by atoms with Gasteiger partial charge in [-0.25, -0.2) is 0 Å². The molecule has 38 heavy (non-hydrogen) atoms. The third kappa shape index (κ3) is 2.74. The summed E-state index contributed by atoms with van der Waals surface area (Å²) in [7, 11) is 3.22. The molecule has 1 amide bonds. The van der Waals surface area contributed by atoms with Crippen molar-refractivity contribution < 1.29 is 24.1 Å². The summed E-state index contributed by atoms with van der Waals surface area (Å²) < 4.78 is 18.3. The number of rotatable bonds is 4. The highest BCUT2D eigenvalue weighted by Gasteiger charge is 2.75. The average molecular weight is 511 g/mol. The molecule has 0 aromatic heterocycles. The monoisotopic (exact) mass is 510 g/mol. The Kier molecular flexibility index (Phi) is 4.89. The third-order valence-corrected chi connectivity index (χ3v) is 8.63. The van der Waals surface area contributed by atoms with Crippen LogP contribution in [0.1, 0.15) is 41.0 Å². The van der Waals surface area contributed by atoms with Crippen LogP contribution >= 0.6 is 0 Å². The number of nitrogens with zero attached hydrogens (tertiary/aromatic N) is 1. The van der Waals surface area contributed by atoms with Gasteiger partial charge < -0.3 is 29.5 Å². The maximum Gasteiger partial charge on any atom is 0.254 e. The number of nitrogens with one attached hydrogen (secondary N) is 1. The van der Waals surface area contributed by atoms with Crippen molar-refractivity contribution in [1.82, 2.24) is 10.2 Å². The predicted octanol–water partition coefficient (Wildman–Crippen LogP) is 4.09. The highest BCUT2D eigenvalue weighted by molar-refractivity contribution is 6.00. The Morgan fingerprint density at radius 2 is 1.82 bits per heavy atom. The van der Waals surface area contributed by atoms with Gasteiger partial charge in [0.2, 0.25) is 0 Å². The van der Waals surface area contributed by atoms with Crippen LogP contribution in [-0.4, -0.2) is 42.8 Å². The van der Waals surface area contributed by atoms with Crippen molar-refractivity contribution in [3.05, 3.63) is 100 Å². The summed E-state index contributed by atoms with van der Waals surface area (Å²) in [4.78, 5) is 16.1. The first kappa shape index (κ1) is 23.2. The minimum Gasteiger partial charge on any atom is -0.497 e. The van der Waals surface area contributed by atoms with Gasteiger partial charge in [-0.05, 0) is 55.2 Å². The molecule has 0 unspecified atom stereocenters. The number of methoxy groups -OCH3 is 2. The van der Waals surface area contributed by atoms with Gasteiger partial charge in [0.15, 0.2) is 11.2 Å². The second-order valence-electron chi connectivity index (χ2n) is 10.6. The number of carbonyl (C=O) groups excluding carboxylic acids is 1. The van der Waals surface area contributed by atoms with Crippen LogP contribution in [0, 0.1) is 6.92 Å². The molecular formula is C31H30N2O5. The van der Waals surface area contributed by atoms with E-state index < -0.39 is 17.1 Å². The predicted molar refractivity (Wildman–Crippen MR) is 141 cm³/mol. The van der Waals surface area contributed by atoms with Crippen LogP contribution in [0.3, 0.4) is 0 Å². The van der Waals surface area contributed by atoms with Crippen molar-refractivity contribution in [2.45, 2.75) is 43.1 Å². The van der Waals surface area contributed by atoms with Gasteiger partial charge in [-0.3, -0.25) is 4.79 Å². The van der Waals surface area contributed by atoms with E-state index in [0.717, 1.165) is 29.5 Å². The van der Waals surface area contributed by atoms with E-state index in [0.29, 0.717) is 40.6 Å². The lowest BCUT2D eigenvalue weighted by atomic mass is 9.69. The number of hydrogen-bond acceptors (Lipinski definition) is 6. The van der Waals surface area contributed by atoms with E-state index >= 15 is 0 Å². The molecule has 7 nitrogen and oxygen atoms in total. The first-order chi connectivity index (χ1) is 18.4. The molecule has 1 saturated heterocycles. The fourth-order valence-corrected chi connectivity index (χ4v) is 7.09. The normalized spacial score (nSPS) is 28.7. The smallest absolute Gasteiger partial charge is 0.254 e. The van der Waals surface area contributed by atoms with Gasteiger partial charge in [-0.15, -0.1) is 0 Å². The third-order valence-electron chi connectivity index (χ3n) is 8.63. The zero-order valence-electron chi connectivity index (χ0n) is 21.7. The molecule has 7 heteroatoms. The van der Waals surface area contributed by atoms with Crippen LogP contribution in [0.25, 0.3) is 0 Å². The molecule has 3 heterocycles. The molecule has 1 fully saturated rings. The van der Waals surface area contributed by atoms with E-state index in [1.807, 2.05) is 78.6 Å². The molecule has 3 aromatic rings. The second kappa shape index (κ2) is 8.01. The van der Waals surface area contributed by atoms with Crippen molar-refractivity contribution in [2.24, 2.45) is 0 Å². The Morgan fingerprint density at radius 3 is 2.53 bits per heavy atom. The van der Waals surface area contributed by atoms with E-state index in [2.05, 4.69) is 5.32 Å². The lowest BCUT2D eigenvalue weighted by Crippen LogP contribution is -2.54. The average Bonchev–Trinajstić information content (AvgIpc) is 3.57. The van der Waals surface area contributed by atoms with E-state index in [1.165, 1.54) is 0 Å². The number of ether oxygens (including phenoxy) is 3. The van der Waals surface area contributed by atoms with Crippen molar-refractivity contribution in [2.75, 3.05) is 20.8 Å². The number of benzene rings is 3. The molecule has 4 aliphatic rings. The molecular weight excluding hydrogens is 480 g/mol. The summed E-state index contributed by atoms with van der Waals surface area (Å²) in [5.41, 5.74) is 1.11. The Labute approximate surface area is 221 Å². The van der Waals surface area contributed by atoms with Gasteiger partial charge in [0.05, 0.1) is 37.0 Å². The molecule has 4 atom stereocenters. The van der Waals surface area contributed by atoms with E-state index in [-0.39, 0.29) is 12.1 Å². The largest absolute Gasteiger partial charge is 0.497 e. The zero-order valence-corrected chi connectivity index (χ0v) is 21.7.